The molecule has 0 radical (unpaired) electrons. The maximum absolute atomic E-state index is 13.2. The molecule has 33 heavy (non-hydrogen) atoms. The highest BCUT2D eigenvalue weighted by molar-refractivity contribution is 7.92. The highest BCUT2D eigenvalue weighted by Gasteiger charge is 2.29. The van der Waals surface area contributed by atoms with E-state index in [9.17, 15) is 13.2 Å². The number of sulfonamides is 1. The van der Waals surface area contributed by atoms with Gasteiger partial charge in [-0.1, -0.05) is 11.6 Å². The summed E-state index contributed by atoms with van der Waals surface area (Å²) in [6.45, 7) is 1.61. The number of fused-ring (bicyclic) bond motifs is 2. The maximum atomic E-state index is 13.2. The van der Waals surface area contributed by atoms with Crippen LogP contribution in [0.15, 0.2) is 59.9 Å². The number of benzene rings is 2. The molecule has 0 unspecified atom stereocenters. The van der Waals surface area contributed by atoms with Gasteiger partial charge in [0.15, 0.2) is 0 Å². The molecule has 2 aliphatic heterocycles. The molecular weight excluding hydrogens is 462 g/mol. The Kier molecular flexibility index (Phi) is 5.67. The third-order valence-corrected chi connectivity index (χ3v) is 7.55. The minimum absolute atomic E-state index is 0. The standard InChI is InChI=1S/C23H22ClN5O3S.H2/c24-18-3-5-20-16(12-18)2-1-10-28(20)14-23(30)29-11-8-17-13-19(4-6-21(17)29)33(31,32)27-22-7-9-25-15-26-22;/h3-7,9,12-13,15H,1-2,8,10-11,14H2,(H,25,26,27);1H. The molecule has 0 aliphatic carbocycles. The van der Waals surface area contributed by atoms with Crippen LogP contribution in [0.5, 0.6) is 0 Å². The number of hydrogen-bond acceptors (Lipinski definition) is 6. The number of amides is 1. The van der Waals surface area contributed by atoms with E-state index in [1.807, 2.05) is 18.2 Å². The number of nitrogens with zero attached hydrogens (tertiary/aromatic N) is 4. The normalized spacial score (nSPS) is 15.2. The number of aromatic nitrogens is 2. The van der Waals surface area contributed by atoms with Gasteiger partial charge in [0.05, 0.1) is 11.4 Å². The Morgan fingerprint density at radius 3 is 2.70 bits per heavy atom. The van der Waals surface area contributed by atoms with Crippen molar-refractivity contribution < 1.29 is 14.6 Å². The Hall–Kier alpha value is -3.17. The second kappa shape index (κ2) is 8.64. The largest absolute Gasteiger partial charge is 0.362 e. The Labute approximate surface area is 198 Å². The Balaban J connectivity index is 0.00000274. The van der Waals surface area contributed by atoms with E-state index < -0.39 is 10.0 Å². The molecule has 2 aliphatic rings. The molecule has 0 spiro atoms. The van der Waals surface area contributed by atoms with Gasteiger partial charge >= 0.3 is 0 Å². The molecule has 1 aromatic heterocycles. The van der Waals surface area contributed by atoms with Crippen molar-refractivity contribution in [2.24, 2.45) is 0 Å². The molecule has 0 atom stereocenters. The van der Waals surface area contributed by atoms with Gasteiger partial charge < -0.3 is 9.80 Å². The van der Waals surface area contributed by atoms with Crippen molar-refractivity contribution >= 4 is 44.7 Å². The van der Waals surface area contributed by atoms with Crippen molar-refractivity contribution in [3.05, 3.63) is 71.1 Å². The fourth-order valence-corrected chi connectivity index (χ4v) is 5.66. The minimum atomic E-state index is -3.80. The monoisotopic (exact) mass is 485 g/mol. The van der Waals surface area contributed by atoms with Crippen LogP contribution in [0.25, 0.3) is 0 Å². The van der Waals surface area contributed by atoms with E-state index in [-0.39, 0.29) is 24.6 Å². The molecule has 10 heteroatoms. The third kappa shape index (κ3) is 4.38. The van der Waals surface area contributed by atoms with Crippen LogP contribution in [0.3, 0.4) is 0 Å². The van der Waals surface area contributed by atoms with Crippen molar-refractivity contribution in [3.8, 4) is 0 Å². The van der Waals surface area contributed by atoms with Crippen LogP contribution in [0.2, 0.25) is 5.02 Å². The molecule has 0 saturated carbocycles. The van der Waals surface area contributed by atoms with Gasteiger partial charge in [0, 0.05) is 37.1 Å². The first-order valence-corrected chi connectivity index (χ1v) is 12.5. The van der Waals surface area contributed by atoms with Gasteiger partial charge in [-0.25, -0.2) is 18.4 Å². The number of halogens is 1. The fourth-order valence-electron chi connectivity index (χ4n) is 4.41. The van der Waals surface area contributed by atoms with E-state index in [1.165, 1.54) is 24.7 Å². The summed E-state index contributed by atoms with van der Waals surface area (Å²) in [7, 11) is -3.80. The predicted molar refractivity (Wildman–Crippen MR) is 129 cm³/mol. The first-order chi connectivity index (χ1) is 15.9. The van der Waals surface area contributed by atoms with Crippen molar-refractivity contribution in [2.45, 2.75) is 24.2 Å². The molecule has 2 aromatic carbocycles. The van der Waals surface area contributed by atoms with Crippen molar-refractivity contribution in [2.75, 3.05) is 34.2 Å². The van der Waals surface area contributed by atoms with Crippen LogP contribution < -0.4 is 14.5 Å². The van der Waals surface area contributed by atoms with Crippen LogP contribution in [-0.2, 0) is 27.7 Å². The van der Waals surface area contributed by atoms with E-state index in [0.717, 1.165) is 41.9 Å². The number of carbonyl (C=O) groups is 1. The molecular formula is C23H24ClN5O3S. The average Bonchev–Trinajstić information content (AvgIpc) is 3.23. The first-order valence-electron chi connectivity index (χ1n) is 10.7. The van der Waals surface area contributed by atoms with Crippen molar-refractivity contribution in [1.29, 1.82) is 0 Å². The fraction of sp³-hybridized carbons (Fsp3) is 0.261. The molecule has 3 aromatic rings. The van der Waals surface area contributed by atoms with Crippen LogP contribution in [0, 0.1) is 0 Å². The molecule has 5 rings (SSSR count). The number of aryl methyl sites for hydroxylation is 1. The Bertz CT molecular complexity index is 1320. The lowest BCUT2D eigenvalue weighted by molar-refractivity contribution is -0.117. The number of hydrogen-bond donors (Lipinski definition) is 1. The molecule has 8 nitrogen and oxygen atoms in total. The number of anilines is 3. The Morgan fingerprint density at radius 1 is 1.06 bits per heavy atom. The van der Waals surface area contributed by atoms with Gasteiger partial charge in [0.2, 0.25) is 5.91 Å². The zero-order valence-electron chi connectivity index (χ0n) is 17.7. The molecule has 1 N–H and O–H groups in total. The molecule has 0 saturated heterocycles. The van der Waals surface area contributed by atoms with Gasteiger partial charge in [-0.2, -0.15) is 0 Å². The molecule has 172 valence electrons. The highest BCUT2D eigenvalue weighted by atomic mass is 35.5. The zero-order valence-corrected chi connectivity index (χ0v) is 19.3. The van der Waals surface area contributed by atoms with Gasteiger partial charge in [0.1, 0.15) is 12.1 Å². The third-order valence-electron chi connectivity index (χ3n) is 5.96. The molecule has 0 bridgehead atoms. The minimum Gasteiger partial charge on any atom is -0.362 e. The highest BCUT2D eigenvalue weighted by Crippen LogP contribution is 2.33. The topological polar surface area (TPSA) is 95.5 Å². The molecule has 1 amide bonds. The zero-order chi connectivity index (χ0) is 23.0. The van der Waals surface area contributed by atoms with Crippen LogP contribution >= 0.6 is 11.6 Å². The van der Waals surface area contributed by atoms with Gasteiger partial charge in [-0.15, -0.1) is 0 Å². The molecule has 0 fully saturated rings. The lowest BCUT2D eigenvalue weighted by Gasteiger charge is -2.32. The number of nitrogens with one attached hydrogen (secondary N) is 1. The van der Waals surface area contributed by atoms with E-state index in [2.05, 4.69) is 19.6 Å². The second-order valence-corrected chi connectivity index (χ2v) is 10.2. The average molecular weight is 486 g/mol. The van der Waals surface area contributed by atoms with Crippen LogP contribution in [0.1, 0.15) is 19.0 Å². The van der Waals surface area contributed by atoms with E-state index >= 15 is 0 Å². The van der Waals surface area contributed by atoms with Crippen molar-refractivity contribution in [1.82, 2.24) is 9.97 Å². The predicted octanol–water partition coefficient (Wildman–Crippen LogP) is 3.52. The smallest absolute Gasteiger partial charge is 0.263 e. The molecule has 3 heterocycles. The SMILES string of the molecule is O=C(CN1CCCc2cc(Cl)ccc21)N1CCc2cc(S(=O)(=O)Nc3ccncn3)ccc21.[HH]. The first kappa shape index (κ1) is 21.7. The van der Waals surface area contributed by atoms with Gasteiger partial charge in [-0.05, 0) is 72.9 Å². The lowest BCUT2D eigenvalue weighted by atomic mass is 10.0. The summed E-state index contributed by atoms with van der Waals surface area (Å²) in [5, 5.41) is 0.704. The van der Waals surface area contributed by atoms with E-state index in [4.69, 9.17) is 11.6 Å². The number of rotatable bonds is 5. The lowest BCUT2D eigenvalue weighted by Crippen LogP contribution is -2.41. The van der Waals surface area contributed by atoms with Gasteiger partial charge in [0.25, 0.3) is 10.0 Å². The Morgan fingerprint density at radius 2 is 1.88 bits per heavy atom. The summed E-state index contributed by atoms with van der Waals surface area (Å²) >= 11 is 6.13. The van der Waals surface area contributed by atoms with Crippen LogP contribution in [-0.4, -0.2) is 43.9 Å². The second-order valence-electron chi connectivity index (χ2n) is 8.08. The quantitative estimate of drug-likeness (QED) is 0.594. The summed E-state index contributed by atoms with van der Waals surface area (Å²) in [6, 6.07) is 12.1. The van der Waals surface area contributed by atoms with Gasteiger partial charge in [-0.3, -0.25) is 9.52 Å². The van der Waals surface area contributed by atoms with E-state index in [0.29, 0.717) is 18.0 Å². The summed E-state index contributed by atoms with van der Waals surface area (Å²) in [5.74, 6) is 0.191. The summed E-state index contributed by atoms with van der Waals surface area (Å²) in [6.07, 6.45) is 5.26. The summed E-state index contributed by atoms with van der Waals surface area (Å²) < 4.78 is 28.0. The number of carbonyl (C=O) groups excluding carboxylic acids is 1. The summed E-state index contributed by atoms with van der Waals surface area (Å²) in [5.41, 5.74) is 3.80. The van der Waals surface area contributed by atoms with Crippen molar-refractivity contribution in [3.63, 3.8) is 0 Å². The summed E-state index contributed by atoms with van der Waals surface area (Å²) in [4.78, 5) is 24.9. The maximum Gasteiger partial charge on any atom is 0.263 e. The van der Waals surface area contributed by atoms with Crippen LogP contribution in [0.4, 0.5) is 17.2 Å². The van der Waals surface area contributed by atoms with E-state index in [1.54, 1.807) is 17.0 Å².